The highest BCUT2D eigenvalue weighted by molar-refractivity contribution is 8.00. The van der Waals surface area contributed by atoms with E-state index < -0.39 is 35.3 Å². The molecule has 0 aliphatic heterocycles. The maximum absolute atomic E-state index is 12.2. The predicted octanol–water partition coefficient (Wildman–Crippen LogP) is 1.89. The van der Waals surface area contributed by atoms with Crippen molar-refractivity contribution in [1.82, 2.24) is 0 Å². The quantitative estimate of drug-likeness (QED) is 0.0776. The zero-order chi connectivity index (χ0) is 29.5. The summed E-state index contributed by atoms with van der Waals surface area (Å²) in [6.07, 6.45) is 2.56. The molecule has 0 bridgehead atoms. The van der Waals surface area contributed by atoms with E-state index in [4.69, 9.17) is 23.7 Å². The van der Waals surface area contributed by atoms with Crippen LogP contribution in [0.5, 0.6) is 0 Å². The van der Waals surface area contributed by atoms with E-state index in [2.05, 4.69) is 17.9 Å². The molecular formula is C25H36O12S2. The largest absolute Gasteiger partial charge is 0.469 e. The van der Waals surface area contributed by atoms with Crippen LogP contribution in [-0.4, -0.2) is 99.0 Å². The van der Waals surface area contributed by atoms with Crippen LogP contribution in [0.4, 0.5) is 0 Å². The molecular weight excluding hydrogens is 556 g/mol. The van der Waals surface area contributed by atoms with Crippen LogP contribution in [-0.2, 0) is 57.2 Å². The lowest BCUT2D eigenvalue weighted by Crippen LogP contribution is -2.38. The van der Waals surface area contributed by atoms with Crippen molar-refractivity contribution in [3.63, 3.8) is 0 Å². The molecule has 0 saturated heterocycles. The van der Waals surface area contributed by atoms with Crippen LogP contribution in [0, 0.1) is 5.41 Å². The minimum absolute atomic E-state index is 0.00187. The topological polar surface area (TPSA) is 158 Å². The van der Waals surface area contributed by atoms with Crippen molar-refractivity contribution in [2.75, 3.05) is 63.2 Å². The highest BCUT2D eigenvalue weighted by Gasteiger charge is 2.33. The number of hydrogen-bond acceptors (Lipinski definition) is 14. The van der Waals surface area contributed by atoms with Crippen molar-refractivity contribution in [3.8, 4) is 0 Å². The normalized spacial score (nSPS) is 10.5. The molecule has 0 rings (SSSR count). The Labute approximate surface area is 236 Å². The van der Waals surface area contributed by atoms with Crippen molar-refractivity contribution in [2.24, 2.45) is 5.41 Å². The molecule has 0 aliphatic rings. The highest BCUT2D eigenvalue weighted by Crippen LogP contribution is 2.25. The van der Waals surface area contributed by atoms with Crippen molar-refractivity contribution < 1.29 is 57.2 Å². The lowest BCUT2D eigenvalue weighted by molar-refractivity contribution is -0.158. The van der Waals surface area contributed by atoms with E-state index in [1.165, 1.54) is 18.9 Å². The molecule has 0 N–H and O–H groups in total. The summed E-state index contributed by atoms with van der Waals surface area (Å²) in [7, 11) is 1.29. The summed E-state index contributed by atoms with van der Waals surface area (Å²) in [4.78, 5) is 69.5. The molecule has 0 aliphatic carbocycles. The first kappa shape index (κ1) is 36.0. The molecule has 12 nitrogen and oxygen atoms in total. The van der Waals surface area contributed by atoms with Gasteiger partial charge in [-0.3, -0.25) is 19.2 Å². The monoisotopic (exact) mass is 592 g/mol. The Balaban J connectivity index is 4.21. The van der Waals surface area contributed by atoms with Gasteiger partial charge in [-0.25, -0.2) is 9.59 Å². The van der Waals surface area contributed by atoms with Gasteiger partial charge in [-0.1, -0.05) is 20.1 Å². The third-order valence-corrected chi connectivity index (χ3v) is 6.71. The second kappa shape index (κ2) is 21.9. The molecule has 0 saturated carbocycles. The number of methoxy groups -OCH3 is 1. The smallest absolute Gasteiger partial charge is 0.330 e. The van der Waals surface area contributed by atoms with Crippen molar-refractivity contribution >= 4 is 59.3 Å². The van der Waals surface area contributed by atoms with Gasteiger partial charge in [0.05, 0.1) is 36.9 Å². The van der Waals surface area contributed by atoms with E-state index in [0.29, 0.717) is 12.2 Å². The van der Waals surface area contributed by atoms with Crippen LogP contribution >= 0.6 is 23.5 Å². The third kappa shape index (κ3) is 18.8. The Kier molecular flexibility index (Phi) is 20.2. The maximum atomic E-state index is 12.2. The lowest BCUT2D eigenvalue weighted by atomic mass is 9.88. The number of thioether (sulfide) groups is 2. The van der Waals surface area contributed by atoms with E-state index in [9.17, 15) is 28.8 Å². The number of hydrogen-bond donors (Lipinski definition) is 0. The summed E-state index contributed by atoms with van der Waals surface area (Å²) in [5, 5.41) is 0. The molecule has 0 spiro atoms. The zero-order valence-electron chi connectivity index (χ0n) is 22.3. The maximum Gasteiger partial charge on any atom is 0.330 e. The van der Waals surface area contributed by atoms with Gasteiger partial charge in [0.25, 0.3) is 0 Å². The van der Waals surface area contributed by atoms with E-state index in [0.717, 1.165) is 23.9 Å². The molecule has 0 fully saturated rings. The van der Waals surface area contributed by atoms with Gasteiger partial charge >= 0.3 is 35.8 Å². The van der Waals surface area contributed by atoms with Gasteiger partial charge in [0.1, 0.15) is 33.0 Å². The summed E-state index contributed by atoms with van der Waals surface area (Å²) in [6, 6.07) is 0. The highest BCUT2D eigenvalue weighted by atomic mass is 32.2. The van der Waals surface area contributed by atoms with Crippen LogP contribution in [0.15, 0.2) is 25.3 Å². The van der Waals surface area contributed by atoms with Crippen LogP contribution in [0.2, 0.25) is 0 Å². The second-order valence-corrected chi connectivity index (χ2v) is 9.97. The minimum Gasteiger partial charge on any atom is -0.469 e. The van der Waals surface area contributed by atoms with Gasteiger partial charge in [0.2, 0.25) is 0 Å². The number of rotatable bonds is 22. The summed E-state index contributed by atoms with van der Waals surface area (Å²) < 4.78 is 29.9. The Morgan fingerprint density at radius 3 is 1.51 bits per heavy atom. The van der Waals surface area contributed by atoms with E-state index in [-0.39, 0.29) is 69.1 Å². The van der Waals surface area contributed by atoms with Gasteiger partial charge in [-0.15, -0.1) is 23.5 Å². The molecule has 0 amide bonds. The molecule has 0 aromatic heterocycles. The van der Waals surface area contributed by atoms with Crippen molar-refractivity contribution in [2.45, 2.75) is 26.2 Å². The average Bonchev–Trinajstić information content (AvgIpc) is 2.94. The first-order chi connectivity index (χ1) is 18.6. The van der Waals surface area contributed by atoms with Crippen LogP contribution in [0.3, 0.4) is 0 Å². The molecule has 220 valence electrons. The third-order valence-electron chi connectivity index (χ3n) is 4.84. The van der Waals surface area contributed by atoms with Crippen molar-refractivity contribution in [1.29, 1.82) is 0 Å². The Bertz CT molecular complexity index is 819. The second-order valence-electron chi connectivity index (χ2n) is 7.76. The Morgan fingerprint density at radius 1 is 0.667 bits per heavy atom. The minimum atomic E-state index is -0.949. The van der Waals surface area contributed by atoms with E-state index >= 15 is 0 Å². The molecule has 0 atom stereocenters. The van der Waals surface area contributed by atoms with Crippen LogP contribution < -0.4 is 0 Å². The fourth-order valence-electron chi connectivity index (χ4n) is 2.42. The predicted molar refractivity (Wildman–Crippen MR) is 144 cm³/mol. The van der Waals surface area contributed by atoms with Crippen LogP contribution in [0.25, 0.3) is 0 Å². The molecule has 0 radical (unpaired) electrons. The summed E-state index contributed by atoms with van der Waals surface area (Å²) in [5.74, 6) is -2.50. The van der Waals surface area contributed by atoms with Crippen LogP contribution in [0.1, 0.15) is 26.2 Å². The number of esters is 6. The fourth-order valence-corrected chi connectivity index (χ4v) is 3.83. The van der Waals surface area contributed by atoms with E-state index in [1.807, 2.05) is 0 Å². The summed E-state index contributed by atoms with van der Waals surface area (Å²) in [6.45, 7) is 7.74. The molecule has 0 aromatic carbocycles. The Morgan fingerprint density at radius 2 is 1.10 bits per heavy atom. The fraction of sp³-hybridized carbons (Fsp3) is 0.600. The first-order valence-electron chi connectivity index (χ1n) is 11.9. The molecule has 0 unspecified atom stereocenters. The molecule has 0 aromatic rings. The Hall–Kier alpha value is -3.00. The SMILES string of the molecule is C=CC(=O)OCC(CC)(COC(=O)C=C)COC(=O)CCSCC(=O)OCCOC(=O)CSCCC(=O)OC. The summed E-state index contributed by atoms with van der Waals surface area (Å²) in [5.41, 5.74) is -0.949. The van der Waals surface area contributed by atoms with Gasteiger partial charge in [0, 0.05) is 23.7 Å². The molecule has 39 heavy (non-hydrogen) atoms. The van der Waals surface area contributed by atoms with Gasteiger partial charge in [-0.2, -0.15) is 0 Å². The molecule has 0 heterocycles. The van der Waals surface area contributed by atoms with Gasteiger partial charge < -0.3 is 28.4 Å². The lowest BCUT2D eigenvalue weighted by Gasteiger charge is -2.30. The standard InChI is InChI=1S/C25H36O12S2/c1-5-19(26)35-16-25(7-3,17-36-20(27)6-2)18-37-22(29)9-13-39-15-24(31)34-11-10-33-23(30)14-38-12-8-21(28)32-4/h5-6H,1-2,7-18H2,3-4H3. The molecule has 14 heteroatoms. The van der Waals surface area contributed by atoms with Gasteiger partial charge in [-0.05, 0) is 6.42 Å². The average molecular weight is 593 g/mol. The number of carbonyl (C=O) groups is 6. The number of carbonyl (C=O) groups excluding carboxylic acids is 6. The van der Waals surface area contributed by atoms with E-state index in [1.54, 1.807) is 6.92 Å². The number of ether oxygens (including phenoxy) is 6. The van der Waals surface area contributed by atoms with Crippen molar-refractivity contribution in [3.05, 3.63) is 25.3 Å². The first-order valence-corrected chi connectivity index (χ1v) is 14.2. The zero-order valence-corrected chi connectivity index (χ0v) is 23.9. The van der Waals surface area contributed by atoms with Gasteiger partial charge in [0.15, 0.2) is 0 Å². The summed E-state index contributed by atoms with van der Waals surface area (Å²) >= 11 is 2.39.